The van der Waals surface area contributed by atoms with Gasteiger partial charge in [0.05, 0.1) is 17.3 Å². The molecule has 0 saturated heterocycles. The maximum atomic E-state index is 12.5. The van der Waals surface area contributed by atoms with Crippen LogP contribution in [0.1, 0.15) is 15.9 Å². The average molecular weight is 444 g/mol. The molecule has 0 unspecified atom stereocenters. The first-order valence-corrected chi connectivity index (χ1v) is 9.21. The number of hydrogen-bond acceptors (Lipinski definition) is 5. The summed E-state index contributed by atoms with van der Waals surface area (Å²) in [6.07, 6.45) is 4.78. The Labute approximate surface area is 170 Å². The summed E-state index contributed by atoms with van der Waals surface area (Å²) in [6, 6.07) is 8.52. The lowest BCUT2D eigenvalue weighted by molar-refractivity contribution is -0.118. The molecule has 1 amide bonds. The van der Waals surface area contributed by atoms with Crippen LogP contribution in [0.4, 0.5) is 5.69 Å². The van der Waals surface area contributed by atoms with Gasteiger partial charge < -0.3 is 19.5 Å². The van der Waals surface area contributed by atoms with Gasteiger partial charge in [-0.15, -0.1) is 0 Å². The van der Waals surface area contributed by atoms with Crippen LogP contribution in [0, 0.1) is 0 Å². The van der Waals surface area contributed by atoms with Crippen LogP contribution in [0.5, 0.6) is 17.2 Å². The Hall–Kier alpha value is -3.06. The number of anilines is 1. The van der Waals surface area contributed by atoms with E-state index in [0.717, 1.165) is 5.56 Å². The van der Waals surface area contributed by atoms with Gasteiger partial charge in [0.25, 0.3) is 5.91 Å². The number of rotatable bonds is 7. The van der Waals surface area contributed by atoms with E-state index in [4.69, 9.17) is 14.2 Å². The summed E-state index contributed by atoms with van der Waals surface area (Å²) in [6.45, 7) is 3.95. The van der Waals surface area contributed by atoms with Gasteiger partial charge in [-0.3, -0.25) is 9.59 Å². The van der Waals surface area contributed by atoms with Crippen LogP contribution >= 0.6 is 15.9 Å². The smallest absolute Gasteiger partial charge is 0.262 e. The van der Waals surface area contributed by atoms with Crippen molar-refractivity contribution in [2.24, 2.45) is 0 Å². The molecule has 2 aromatic rings. The van der Waals surface area contributed by atoms with Gasteiger partial charge in [-0.25, -0.2) is 0 Å². The number of halogens is 1. The molecule has 3 rings (SSSR count). The molecule has 0 atom stereocenters. The maximum absolute atomic E-state index is 12.5. The third-order valence-corrected chi connectivity index (χ3v) is 4.51. The summed E-state index contributed by atoms with van der Waals surface area (Å²) in [5.74, 6) is 1.20. The number of nitrogens with one attached hydrogen (secondary N) is 1. The van der Waals surface area contributed by atoms with E-state index >= 15 is 0 Å². The molecule has 6 nitrogen and oxygen atoms in total. The third kappa shape index (κ3) is 4.43. The number of amides is 1. The second-order valence-electron chi connectivity index (χ2n) is 5.88. The van der Waals surface area contributed by atoms with Crippen molar-refractivity contribution in [2.75, 3.05) is 25.6 Å². The molecule has 144 valence electrons. The molecule has 0 fully saturated rings. The Balaban J connectivity index is 1.80. The number of carbonyl (C=O) groups is 2. The normalized spacial score (nSPS) is 12.7. The number of ketones is 1. The minimum Gasteiger partial charge on any atom is -0.493 e. The van der Waals surface area contributed by atoms with Gasteiger partial charge in [0.15, 0.2) is 23.9 Å². The zero-order chi connectivity index (χ0) is 20.1. The molecule has 0 bridgehead atoms. The fourth-order valence-electron chi connectivity index (χ4n) is 2.62. The zero-order valence-corrected chi connectivity index (χ0v) is 16.7. The number of benzene rings is 2. The van der Waals surface area contributed by atoms with Crippen molar-refractivity contribution in [3.05, 3.63) is 64.7 Å². The van der Waals surface area contributed by atoms with Crippen molar-refractivity contribution in [1.82, 2.24) is 0 Å². The quantitative estimate of drug-likeness (QED) is 0.393. The van der Waals surface area contributed by atoms with E-state index in [-0.39, 0.29) is 18.3 Å². The molecular formula is C21H18BrNO5. The first-order valence-electron chi connectivity index (χ1n) is 8.42. The molecule has 1 aliphatic rings. The van der Waals surface area contributed by atoms with Gasteiger partial charge in [-0.2, -0.15) is 0 Å². The first-order chi connectivity index (χ1) is 13.5. The highest BCUT2D eigenvalue weighted by Gasteiger charge is 2.17. The lowest BCUT2D eigenvalue weighted by Crippen LogP contribution is -2.25. The standard InChI is InChI=1S/C21H18BrNO5/c1-3-8-27-21-15(22)9-13(10-19(21)26-2)4-6-17(24)14-5-7-18-16(11-14)23-20(25)12-28-18/h3-7,9-11H,1,8,12H2,2H3,(H,23,25)/b6-4+. The Bertz CT molecular complexity index is 968. The van der Waals surface area contributed by atoms with Crippen LogP contribution in [-0.4, -0.2) is 32.0 Å². The summed E-state index contributed by atoms with van der Waals surface area (Å²) in [5, 5.41) is 2.69. The number of ether oxygens (including phenoxy) is 3. The average Bonchev–Trinajstić information content (AvgIpc) is 2.70. The largest absolute Gasteiger partial charge is 0.493 e. The number of methoxy groups -OCH3 is 1. The fourth-order valence-corrected chi connectivity index (χ4v) is 3.20. The zero-order valence-electron chi connectivity index (χ0n) is 15.2. The second-order valence-corrected chi connectivity index (χ2v) is 6.73. The Kier molecular flexibility index (Phi) is 6.16. The second kappa shape index (κ2) is 8.75. The molecule has 0 aromatic heterocycles. The lowest BCUT2D eigenvalue weighted by atomic mass is 10.1. The van der Waals surface area contributed by atoms with Crippen molar-refractivity contribution < 1.29 is 23.8 Å². The van der Waals surface area contributed by atoms with E-state index in [1.165, 1.54) is 6.08 Å². The molecule has 1 aliphatic heterocycles. The lowest BCUT2D eigenvalue weighted by Gasteiger charge is -2.18. The van der Waals surface area contributed by atoms with Crippen LogP contribution in [0.15, 0.2) is 53.5 Å². The minimum absolute atomic E-state index is 0.0244. The molecule has 0 saturated carbocycles. The van der Waals surface area contributed by atoms with E-state index in [1.54, 1.807) is 43.5 Å². The predicted octanol–water partition coefficient (Wildman–Crippen LogP) is 4.25. The van der Waals surface area contributed by atoms with Crippen LogP contribution < -0.4 is 19.5 Å². The highest BCUT2D eigenvalue weighted by atomic mass is 79.9. The SMILES string of the molecule is C=CCOc1c(Br)cc(/C=C/C(=O)c2ccc3c(c2)NC(=O)CO3)cc1OC. The van der Waals surface area contributed by atoms with Gasteiger partial charge >= 0.3 is 0 Å². The maximum Gasteiger partial charge on any atom is 0.262 e. The van der Waals surface area contributed by atoms with Crippen molar-refractivity contribution >= 4 is 39.4 Å². The van der Waals surface area contributed by atoms with Gasteiger partial charge in [-0.1, -0.05) is 18.7 Å². The van der Waals surface area contributed by atoms with Crippen molar-refractivity contribution in [3.8, 4) is 17.2 Å². The predicted molar refractivity (Wildman–Crippen MR) is 110 cm³/mol. The number of carbonyl (C=O) groups excluding carboxylic acids is 2. The Morgan fingerprint density at radius 3 is 2.93 bits per heavy atom. The topological polar surface area (TPSA) is 73.9 Å². The highest BCUT2D eigenvalue weighted by Crippen LogP contribution is 2.37. The number of allylic oxidation sites excluding steroid dienone is 1. The van der Waals surface area contributed by atoms with Crippen molar-refractivity contribution in [3.63, 3.8) is 0 Å². The van der Waals surface area contributed by atoms with E-state index in [2.05, 4.69) is 27.8 Å². The molecule has 0 spiro atoms. The van der Waals surface area contributed by atoms with Gasteiger partial charge in [0.1, 0.15) is 12.4 Å². The van der Waals surface area contributed by atoms with Crippen molar-refractivity contribution in [2.45, 2.75) is 0 Å². The number of hydrogen-bond donors (Lipinski definition) is 1. The Morgan fingerprint density at radius 2 is 2.18 bits per heavy atom. The molecule has 2 aromatic carbocycles. The summed E-state index contributed by atoms with van der Waals surface area (Å²) in [4.78, 5) is 24.0. The van der Waals surface area contributed by atoms with E-state index in [0.29, 0.717) is 39.6 Å². The number of fused-ring (bicyclic) bond motifs is 1. The molecule has 1 N–H and O–H groups in total. The van der Waals surface area contributed by atoms with E-state index in [1.807, 2.05) is 6.07 Å². The fraction of sp³-hybridized carbons (Fsp3) is 0.143. The molecule has 0 aliphatic carbocycles. The van der Waals surface area contributed by atoms with Crippen LogP contribution in [0.25, 0.3) is 6.08 Å². The van der Waals surface area contributed by atoms with Gasteiger partial charge in [0.2, 0.25) is 0 Å². The monoisotopic (exact) mass is 443 g/mol. The Morgan fingerprint density at radius 1 is 1.36 bits per heavy atom. The molecule has 0 radical (unpaired) electrons. The van der Waals surface area contributed by atoms with Crippen LogP contribution in [0.2, 0.25) is 0 Å². The van der Waals surface area contributed by atoms with E-state index in [9.17, 15) is 9.59 Å². The molecule has 28 heavy (non-hydrogen) atoms. The highest BCUT2D eigenvalue weighted by molar-refractivity contribution is 9.10. The molecule has 7 heteroatoms. The molecule has 1 heterocycles. The minimum atomic E-state index is -0.247. The molecular weight excluding hydrogens is 426 g/mol. The van der Waals surface area contributed by atoms with Gasteiger partial charge in [-0.05, 0) is 57.9 Å². The summed E-state index contributed by atoms with van der Waals surface area (Å²) < 4.78 is 17.0. The van der Waals surface area contributed by atoms with Gasteiger partial charge in [0, 0.05) is 5.56 Å². The first kappa shape index (κ1) is 19.7. The van der Waals surface area contributed by atoms with E-state index < -0.39 is 0 Å². The summed E-state index contributed by atoms with van der Waals surface area (Å²) in [7, 11) is 1.55. The van der Waals surface area contributed by atoms with Crippen LogP contribution in [-0.2, 0) is 4.79 Å². The van der Waals surface area contributed by atoms with Crippen molar-refractivity contribution in [1.29, 1.82) is 0 Å². The van der Waals surface area contributed by atoms with Crippen LogP contribution in [0.3, 0.4) is 0 Å². The summed E-state index contributed by atoms with van der Waals surface area (Å²) >= 11 is 3.46. The summed E-state index contributed by atoms with van der Waals surface area (Å²) in [5.41, 5.74) is 1.69. The third-order valence-electron chi connectivity index (χ3n) is 3.92.